The number of halogens is 1. The number of aryl methyl sites for hydroxylation is 2. The van der Waals surface area contributed by atoms with Crippen LogP contribution in [0, 0.1) is 12.8 Å². The minimum absolute atomic E-state index is 0.780. The number of fused-ring (bicyclic) bond motifs is 1. The Kier molecular flexibility index (Phi) is 5.11. The summed E-state index contributed by atoms with van der Waals surface area (Å²) in [5.41, 5.74) is 4.42. The first-order valence-corrected chi connectivity index (χ1v) is 8.27. The van der Waals surface area contributed by atoms with Crippen molar-refractivity contribution in [1.82, 2.24) is 0 Å². The van der Waals surface area contributed by atoms with Gasteiger partial charge in [-0.1, -0.05) is 47.0 Å². The third-order valence-electron chi connectivity index (χ3n) is 3.84. The Hall–Kier alpha value is -0.500. The summed E-state index contributed by atoms with van der Waals surface area (Å²) in [5, 5.41) is 1.12. The zero-order valence-corrected chi connectivity index (χ0v) is 13.2. The molecule has 0 radical (unpaired) electrons. The summed E-state index contributed by atoms with van der Waals surface area (Å²) in [6, 6.07) is 6.94. The number of hydrogen-bond donors (Lipinski definition) is 0. The molecule has 100 valence electrons. The van der Waals surface area contributed by atoms with Crippen molar-refractivity contribution in [2.45, 2.75) is 39.5 Å². The van der Waals surface area contributed by atoms with Crippen LogP contribution in [-0.2, 0) is 6.42 Å². The molecule has 0 bridgehead atoms. The van der Waals surface area contributed by atoms with Crippen LogP contribution >= 0.6 is 15.9 Å². The van der Waals surface area contributed by atoms with Crippen LogP contribution in [0.5, 0.6) is 0 Å². The molecule has 1 aromatic rings. The van der Waals surface area contributed by atoms with Crippen LogP contribution in [0.4, 0.5) is 5.69 Å². The number of benzene rings is 1. The van der Waals surface area contributed by atoms with Crippen molar-refractivity contribution < 1.29 is 0 Å². The Balaban J connectivity index is 2.12. The van der Waals surface area contributed by atoms with Gasteiger partial charge in [-0.25, -0.2) is 0 Å². The van der Waals surface area contributed by atoms with Gasteiger partial charge in [-0.2, -0.15) is 0 Å². The molecule has 0 spiro atoms. The van der Waals surface area contributed by atoms with Gasteiger partial charge in [0.15, 0.2) is 0 Å². The summed E-state index contributed by atoms with van der Waals surface area (Å²) >= 11 is 3.67. The average Bonchev–Trinajstić information content (AvgIpc) is 2.38. The van der Waals surface area contributed by atoms with Crippen molar-refractivity contribution in [3.8, 4) is 0 Å². The predicted molar refractivity (Wildman–Crippen MR) is 83.9 cm³/mol. The molecule has 18 heavy (non-hydrogen) atoms. The molecule has 0 N–H and O–H groups in total. The van der Waals surface area contributed by atoms with Crippen LogP contribution in [0.25, 0.3) is 0 Å². The number of rotatable bonds is 5. The van der Waals surface area contributed by atoms with Crippen molar-refractivity contribution in [3.05, 3.63) is 29.3 Å². The average molecular weight is 310 g/mol. The number of hydrogen-bond acceptors (Lipinski definition) is 1. The van der Waals surface area contributed by atoms with Crippen LogP contribution in [0.2, 0.25) is 0 Å². The third-order valence-corrected chi connectivity index (χ3v) is 4.76. The molecule has 1 aliphatic rings. The summed E-state index contributed by atoms with van der Waals surface area (Å²) in [6.07, 6.45) is 5.16. The van der Waals surface area contributed by atoms with Crippen molar-refractivity contribution >= 4 is 21.6 Å². The standard InChI is InChI=1S/C16H24BrN/c1-3-5-14(11-17)12-18-9-4-6-15-10-13(2)7-8-16(15)18/h7-8,10,14H,3-6,9,11-12H2,1-2H3. The van der Waals surface area contributed by atoms with E-state index in [0.29, 0.717) is 0 Å². The summed E-state index contributed by atoms with van der Waals surface area (Å²) in [5.74, 6) is 0.780. The van der Waals surface area contributed by atoms with Gasteiger partial charge in [-0.3, -0.25) is 0 Å². The molecule has 0 saturated carbocycles. The van der Waals surface area contributed by atoms with Crippen LogP contribution in [0.1, 0.15) is 37.3 Å². The van der Waals surface area contributed by atoms with Gasteiger partial charge in [0, 0.05) is 24.1 Å². The van der Waals surface area contributed by atoms with Crippen LogP contribution in [0.15, 0.2) is 18.2 Å². The summed E-state index contributed by atoms with van der Waals surface area (Å²) in [7, 11) is 0. The molecule has 1 aromatic carbocycles. The van der Waals surface area contributed by atoms with E-state index in [-0.39, 0.29) is 0 Å². The zero-order valence-electron chi connectivity index (χ0n) is 11.6. The van der Waals surface area contributed by atoms with Crippen molar-refractivity contribution in [1.29, 1.82) is 0 Å². The van der Waals surface area contributed by atoms with E-state index in [1.165, 1.54) is 50.0 Å². The fourth-order valence-corrected chi connectivity index (χ4v) is 3.46. The van der Waals surface area contributed by atoms with Gasteiger partial charge < -0.3 is 4.90 Å². The highest BCUT2D eigenvalue weighted by atomic mass is 79.9. The molecule has 2 rings (SSSR count). The minimum Gasteiger partial charge on any atom is -0.371 e. The van der Waals surface area contributed by atoms with Gasteiger partial charge in [0.2, 0.25) is 0 Å². The molecule has 0 fully saturated rings. The van der Waals surface area contributed by atoms with Crippen molar-refractivity contribution in [3.63, 3.8) is 0 Å². The number of alkyl halides is 1. The van der Waals surface area contributed by atoms with E-state index in [4.69, 9.17) is 0 Å². The van der Waals surface area contributed by atoms with Gasteiger partial charge in [-0.15, -0.1) is 0 Å². The Morgan fingerprint density at radius 3 is 2.94 bits per heavy atom. The highest BCUT2D eigenvalue weighted by molar-refractivity contribution is 9.09. The largest absolute Gasteiger partial charge is 0.371 e. The van der Waals surface area contributed by atoms with E-state index in [1.807, 2.05) is 0 Å². The lowest BCUT2D eigenvalue weighted by Crippen LogP contribution is -2.34. The molecular formula is C16H24BrN. The topological polar surface area (TPSA) is 3.24 Å². The smallest absolute Gasteiger partial charge is 0.0399 e. The van der Waals surface area contributed by atoms with Crippen LogP contribution in [-0.4, -0.2) is 18.4 Å². The first-order chi connectivity index (χ1) is 8.74. The molecule has 1 nitrogen and oxygen atoms in total. The maximum atomic E-state index is 3.67. The van der Waals surface area contributed by atoms with Crippen LogP contribution < -0.4 is 4.90 Å². The fraction of sp³-hybridized carbons (Fsp3) is 0.625. The first kappa shape index (κ1) is 13.9. The second-order valence-electron chi connectivity index (χ2n) is 5.49. The van der Waals surface area contributed by atoms with E-state index in [9.17, 15) is 0 Å². The molecule has 1 unspecified atom stereocenters. The van der Waals surface area contributed by atoms with Gasteiger partial charge in [0.25, 0.3) is 0 Å². The van der Waals surface area contributed by atoms with Gasteiger partial charge in [0.1, 0.15) is 0 Å². The van der Waals surface area contributed by atoms with Gasteiger partial charge >= 0.3 is 0 Å². The quantitative estimate of drug-likeness (QED) is 0.721. The van der Waals surface area contributed by atoms with E-state index >= 15 is 0 Å². The highest BCUT2D eigenvalue weighted by Gasteiger charge is 2.19. The summed E-state index contributed by atoms with van der Waals surface area (Å²) < 4.78 is 0. The lowest BCUT2D eigenvalue weighted by atomic mass is 9.97. The Morgan fingerprint density at radius 2 is 2.22 bits per heavy atom. The maximum absolute atomic E-state index is 3.67. The zero-order chi connectivity index (χ0) is 13.0. The Bertz CT molecular complexity index is 389. The van der Waals surface area contributed by atoms with Crippen molar-refractivity contribution in [2.24, 2.45) is 5.92 Å². The minimum atomic E-state index is 0.780. The lowest BCUT2D eigenvalue weighted by Gasteiger charge is -2.34. The summed E-state index contributed by atoms with van der Waals surface area (Å²) in [4.78, 5) is 2.60. The Morgan fingerprint density at radius 1 is 1.39 bits per heavy atom. The number of anilines is 1. The normalized spacial score (nSPS) is 16.5. The molecule has 2 heteroatoms. The third kappa shape index (κ3) is 3.28. The van der Waals surface area contributed by atoms with Crippen LogP contribution in [0.3, 0.4) is 0 Å². The van der Waals surface area contributed by atoms with E-state index < -0.39 is 0 Å². The first-order valence-electron chi connectivity index (χ1n) is 7.15. The Labute approximate surface area is 120 Å². The molecule has 0 amide bonds. The van der Waals surface area contributed by atoms with Gasteiger partial charge in [-0.05, 0) is 43.7 Å². The second kappa shape index (κ2) is 6.60. The molecule has 0 saturated heterocycles. The SMILES string of the molecule is CCCC(CBr)CN1CCCc2cc(C)ccc21. The van der Waals surface area contributed by atoms with Gasteiger partial charge in [0.05, 0.1) is 0 Å². The predicted octanol–water partition coefficient (Wildman–Crippen LogP) is 4.56. The number of nitrogens with zero attached hydrogens (tertiary/aromatic N) is 1. The van der Waals surface area contributed by atoms with E-state index in [0.717, 1.165) is 11.2 Å². The van der Waals surface area contributed by atoms with E-state index in [1.54, 1.807) is 5.56 Å². The second-order valence-corrected chi connectivity index (χ2v) is 6.14. The molecule has 1 atom stereocenters. The highest BCUT2D eigenvalue weighted by Crippen LogP contribution is 2.29. The molecule has 0 aromatic heterocycles. The fourth-order valence-electron chi connectivity index (χ4n) is 2.93. The molecule has 1 heterocycles. The monoisotopic (exact) mass is 309 g/mol. The molecule has 0 aliphatic carbocycles. The maximum Gasteiger partial charge on any atom is 0.0399 e. The molecular weight excluding hydrogens is 286 g/mol. The summed E-state index contributed by atoms with van der Waals surface area (Å²) in [6.45, 7) is 6.90. The van der Waals surface area contributed by atoms with E-state index in [2.05, 4.69) is 52.9 Å². The lowest BCUT2D eigenvalue weighted by molar-refractivity contribution is 0.512. The molecule has 1 aliphatic heterocycles. The van der Waals surface area contributed by atoms with Crippen molar-refractivity contribution in [2.75, 3.05) is 23.3 Å².